The first kappa shape index (κ1) is 38.1. The summed E-state index contributed by atoms with van der Waals surface area (Å²) in [4.78, 5) is 0. The summed E-state index contributed by atoms with van der Waals surface area (Å²) in [5.41, 5.74) is 15.6. The van der Waals surface area contributed by atoms with Crippen molar-refractivity contribution >= 4 is 46.2 Å². The Bertz CT molecular complexity index is 3470. The van der Waals surface area contributed by atoms with Gasteiger partial charge in [-0.05, 0) is 79.5 Å². The van der Waals surface area contributed by atoms with Gasteiger partial charge in [0.05, 0.1) is 0 Å². The highest BCUT2D eigenvalue weighted by Crippen LogP contribution is 2.56. The second-order valence-electron chi connectivity index (χ2n) is 19.9. The van der Waals surface area contributed by atoms with Crippen LogP contribution in [0.1, 0.15) is 49.9 Å². The van der Waals surface area contributed by atoms with Gasteiger partial charge in [0.2, 0.25) is 0 Å². The molecule has 6 aliphatic rings. The smallest absolute Gasteiger partial charge is 0.260 e. The van der Waals surface area contributed by atoms with Crippen molar-refractivity contribution in [1.29, 1.82) is 0 Å². The molecule has 4 aliphatic heterocycles. The zero-order chi connectivity index (χ0) is 45.2. The molecule has 0 spiro atoms. The van der Waals surface area contributed by atoms with Crippen molar-refractivity contribution in [3.8, 4) is 91.2 Å². The molecule has 9 aromatic carbocycles. The molecule has 0 saturated carbocycles. The Labute approximate surface area is 394 Å². The van der Waals surface area contributed by atoms with Gasteiger partial charge in [0.1, 0.15) is 69.0 Å². The molecule has 8 heteroatoms. The highest BCUT2D eigenvalue weighted by Gasteiger charge is 2.49. The van der Waals surface area contributed by atoms with E-state index >= 15 is 0 Å². The van der Waals surface area contributed by atoms with Crippen LogP contribution < -0.4 is 61.2 Å². The number of fused-ring (bicyclic) bond motifs is 16. The molecule has 6 nitrogen and oxygen atoms in total. The topological polar surface area (TPSA) is 55.4 Å². The van der Waals surface area contributed by atoms with Gasteiger partial charge in [-0.2, -0.15) is 0 Å². The minimum absolute atomic E-state index is 0.207. The summed E-state index contributed by atoms with van der Waals surface area (Å²) in [5.74, 6) is 8.68. The summed E-state index contributed by atoms with van der Waals surface area (Å²) in [5, 5.41) is 0. The Balaban J connectivity index is 0.963. The number of para-hydroxylation sites is 2. The van der Waals surface area contributed by atoms with Gasteiger partial charge in [0.25, 0.3) is 13.4 Å². The molecule has 0 unspecified atom stereocenters. The van der Waals surface area contributed by atoms with E-state index < -0.39 is 0 Å². The fourth-order valence-electron chi connectivity index (χ4n) is 12.3. The van der Waals surface area contributed by atoms with Crippen LogP contribution in [0.3, 0.4) is 0 Å². The Morgan fingerprint density at radius 1 is 0.338 bits per heavy atom. The van der Waals surface area contributed by atoms with Crippen LogP contribution in [0.15, 0.2) is 170 Å². The molecule has 15 rings (SSSR count). The predicted octanol–water partition coefficient (Wildman–Crippen LogP) is 11.3. The van der Waals surface area contributed by atoms with Crippen LogP contribution in [-0.2, 0) is 10.8 Å². The van der Waals surface area contributed by atoms with Gasteiger partial charge in [-0.15, -0.1) is 0 Å². The zero-order valence-electron chi connectivity index (χ0n) is 37.8. The maximum atomic E-state index is 7.21. The van der Waals surface area contributed by atoms with Crippen molar-refractivity contribution in [1.82, 2.24) is 0 Å². The Kier molecular flexibility index (Phi) is 7.44. The van der Waals surface area contributed by atoms with Crippen LogP contribution >= 0.6 is 0 Å². The molecule has 2 aliphatic carbocycles. The lowest BCUT2D eigenvalue weighted by atomic mass is 9.31. The lowest BCUT2D eigenvalue weighted by Crippen LogP contribution is -2.61. The number of hydrogen-bond donors (Lipinski definition) is 0. The van der Waals surface area contributed by atoms with Crippen LogP contribution in [0.25, 0.3) is 22.3 Å². The summed E-state index contributed by atoms with van der Waals surface area (Å²) in [6, 6.07) is 58.8. The Morgan fingerprint density at radius 2 is 0.735 bits per heavy atom. The molecular formula is C60H40B2O6. The summed E-state index contributed by atoms with van der Waals surface area (Å²) in [6.45, 7) is 8.79. The highest BCUT2D eigenvalue weighted by atomic mass is 16.5. The van der Waals surface area contributed by atoms with Crippen molar-refractivity contribution in [2.45, 2.75) is 38.5 Å². The van der Waals surface area contributed by atoms with Gasteiger partial charge in [-0.25, -0.2) is 0 Å². The average Bonchev–Trinajstić information content (AvgIpc) is 3.73. The van der Waals surface area contributed by atoms with Crippen LogP contribution in [0.4, 0.5) is 0 Å². The van der Waals surface area contributed by atoms with E-state index in [0.717, 1.165) is 78.4 Å². The lowest BCUT2D eigenvalue weighted by Gasteiger charge is -2.37. The molecule has 0 atom stereocenters. The van der Waals surface area contributed by atoms with Gasteiger partial charge >= 0.3 is 0 Å². The Hall–Kier alpha value is -8.09. The molecule has 0 fully saturated rings. The second kappa shape index (κ2) is 13.3. The SMILES string of the molecule is CC1(C)c2ccccc2-c2c1ccc1c2Oc2cc(Oc3ccccc3)cc3c2B1c1cc2c(cc1O3)Oc1cc(Oc3ccccc3)cc3c1B2c1ccc2c(c1O3)-c1ccccc1C2(C)C. The maximum absolute atomic E-state index is 7.21. The maximum Gasteiger partial charge on any atom is 0.260 e. The van der Waals surface area contributed by atoms with Crippen LogP contribution in [0.2, 0.25) is 0 Å². The van der Waals surface area contributed by atoms with Gasteiger partial charge in [0, 0.05) is 63.2 Å². The molecule has 0 radical (unpaired) electrons. The van der Waals surface area contributed by atoms with Crippen LogP contribution in [0.5, 0.6) is 69.0 Å². The van der Waals surface area contributed by atoms with E-state index in [9.17, 15) is 0 Å². The highest BCUT2D eigenvalue weighted by molar-refractivity contribution is 7.01. The standard InChI is InChI=1S/C60H40B2O6/c1-59(2)39-21-13-11-19-37(39)53-41(59)23-25-43-57(53)67-51-29-35(63-33-15-7-5-8-16-33)27-49-55(51)61(43)45-31-46-48(32-47(45)65-49)66-50-28-36(64-34-17-9-6-10-18-34)30-52-56(50)62(46)44-26-24-42-54(58(44)68-52)38-20-12-14-22-40(38)60(42,3)4/h5-32H,1-4H3. The van der Waals surface area contributed by atoms with Gasteiger partial charge < -0.3 is 28.4 Å². The molecule has 0 amide bonds. The molecule has 4 heterocycles. The monoisotopic (exact) mass is 878 g/mol. The third-order valence-corrected chi connectivity index (χ3v) is 15.4. The lowest BCUT2D eigenvalue weighted by molar-refractivity contribution is 0.435. The zero-order valence-corrected chi connectivity index (χ0v) is 37.8. The molecule has 0 N–H and O–H groups in total. The van der Waals surface area contributed by atoms with Crippen molar-refractivity contribution in [2.75, 3.05) is 0 Å². The van der Waals surface area contributed by atoms with Crippen LogP contribution in [-0.4, -0.2) is 13.4 Å². The minimum atomic E-state index is -0.223. The van der Waals surface area contributed by atoms with Gasteiger partial charge in [-0.1, -0.05) is 143 Å². The van der Waals surface area contributed by atoms with Crippen molar-refractivity contribution in [3.05, 3.63) is 192 Å². The van der Waals surface area contributed by atoms with Crippen molar-refractivity contribution in [3.63, 3.8) is 0 Å². The number of benzene rings is 9. The summed E-state index contributed by atoms with van der Waals surface area (Å²) >= 11 is 0. The van der Waals surface area contributed by atoms with Crippen molar-refractivity contribution in [2.24, 2.45) is 0 Å². The number of ether oxygens (including phenoxy) is 6. The van der Waals surface area contributed by atoms with E-state index in [2.05, 4.69) is 113 Å². The number of hydrogen-bond acceptors (Lipinski definition) is 6. The van der Waals surface area contributed by atoms with Crippen LogP contribution in [0, 0.1) is 0 Å². The van der Waals surface area contributed by atoms with E-state index in [0.29, 0.717) is 34.5 Å². The molecule has 68 heavy (non-hydrogen) atoms. The quantitative estimate of drug-likeness (QED) is 0.164. The fourth-order valence-corrected chi connectivity index (χ4v) is 12.3. The van der Waals surface area contributed by atoms with E-state index in [-0.39, 0.29) is 24.3 Å². The van der Waals surface area contributed by atoms with Gasteiger partial charge in [-0.3, -0.25) is 0 Å². The second-order valence-corrected chi connectivity index (χ2v) is 19.9. The number of rotatable bonds is 4. The van der Waals surface area contributed by atoms with E-state index in [1.165, 1.54) is 33.4 Å². The molecule has 0 aromatic heterocycles. The molecule has 322 valence electrons. The minimum Gasteiger partial charge on any atom is -0.458 e. The average molecular weight is 879 g/mol. The van der Waals surface area contributed by atoms with Crippen molar-refractivity contribution < 1.29 is 28.4 Å². The van der Waals surface area contributed by atoms with E-state index in [4.69, 9.17) is 28.4 Å². The van der Waals surface area contributed by atoms with Gasteiger partial charge in [0.15, 0.2) is 0 Å². The van der Waals surface area contributed by atoms with E-state index in [1.807, 2.05) is 84.9 Å². The van der Waals surface area contributed by atoms with E-state index in [1.54, 1.807) is 0 Å². The summed E-state index contributed by atoms with van der Waals surface area (Å²) in [6.07, 6.45) is 0. The third-order valence-electron chi connectivity index (χ3n) is 15.4. The normalized spacial score (nSPS) is 15.4. The molecule has 9 aromatic rings. The fraction of sp³-hybridized carbons (Fsp3) is 0.100. The largest absolute Gasteiger partial charge is 0.458 e. The molecular weight excluding hydrogens is 838 g/mol. The third kappa shape index (κ3) is 5.09. The first-order valence-electron chi connectivity index (χ1n) is 23.4. The summed E-state index contributed by atoms with van der Waals surface area (Å²) in [7, 11) is 0. The Morgan fingerprint density at radius 3 is 1.18 bits per heavy atom. The first-order valence-corrected chi connectivity index (χ1v) is 23.4. The predicted molar refractivity (Wildman–Crippen MR) is 270 cm³/mol. The molecule has 0 bridgehead atoms. The molecule has 0 saturated heterocycles. The summed E-state index contributed by atoms with van der Waals surface area (Å²) < 4.78 is 41.6. The first-order chi connectivity index (χ1) is 33.2.